The second-order valence-corrected chi connectivity index (χ2v) is 5.30. The van der Waals surface area contributed by atoms with Gasteiger partial charge in [-0.25, -0.2) is 9.78 Å². The molecule has 0 bridgehead atoms. The van der Waals surface area contributed by atoms with E-state index >= 15 is 0 Å². The Morgan fingerprint density at radius 2 is 1.94 bits per heavy atom. The number of piperidine rings is 1. The number of halogens is 1. The third-order valence-corrected chi connectivity index (χ3v) is 4.15. The molecule has 1 N–H and O–H groups in total. The van der Waals surface area contributed by atoms with Crippen molar-refractivity contribution in [2.75, 3.05) is 18.0 Å². The van der Waals surface area contributed by atoms with Crippen LogP contribution in [0.5, 0.6) is 0 Å². The molecular weight excluding hydrogens is 235 g/mol. The SMILES string of the molecule is O=C(O)c1ccc(F)nc1N1CCC2(CC1)CC2. The number of pyridine rings is 1. The van der Waals surface area contributed by atoms with Gasteiger partial charge < -0.3 is 10.0 Å². The van der Waals surface area contributed by atoms with E-state index < -0.39 is 11.9 Å². The second-order valence-electron chi connectivity index (χ2n) is 5.30. The lowest BCUT2D eigenvalue weighted by atomic mass is 9.93. The van der Waals surface area contributed by atoms with E-state index in [2.05, 4.69) is 4.98 Å². The minimum Gasteiger partial charge on any atom is -0.478 e. The maximum absolute atomic E-state index is 13.2. The summed E-state index contributed by atoms with van der Waals surface area (Å²) in [5, 5.41) is 9.11. The van der Waals surface area contributed by atoms with Crippen LogP contribution in [0.25, 0.3) is 0 Å². The van der Waals surface area contributed by atoms with E-state index in [1.807, 2.05) is 4.90 Å². The van der Waals surface area contributed by atoms with Gasteiger partial charge in [0, 0.05) is 13.1 Å². The molecule has 0 aromatic carbocycles. The minimum atomic E-state index is -1.05. The zero-order valence-electron chi connectivity index (χ0n) is 10.0. The van der Waals surface area contributed by atoms with Crippen LogP contribution in [0.3, 0.4) is 0 Å². The highest BCUT2D eigenvalue weighted by Crippen LogP contribution is 2.53. The number of hydrogen-bond acceptors (Lipinski definition) is 3. The summed E-state index contributed by atoms with van der Waals surface area (Å²) in [4.78, 5) is 16.8. The summed E-state index contributed by atoms with van der Waals surface area (Å²) in [5.41, 5.74) is 0.593. The number of nitrogens with zero attached hydrogens (tertiary/aromatic N) is 2. The fourth-order valence-electron chi connectivity index (χ4n) is 2.70. The fourth-order valence-corrected chi connectivity index (χ4v) is 2.70. The molecular formula is C13H15FN2O2. The highest BCUT2D eigenvalue weighted by Gasteiger charge is 2.44. The molecule has 5 heteroatoms. The van der Waals surface area contributed by atoms with Crippen LogP contribution < -0.4 is 4.90 Å². The molecule has 1 saturated heterocycles. The van der Waals surface area contributed by atoms with Crippen LogP contribution in [0.4, 0.5) is 10.2 Å². The standard InChI is InChI=1S/C13H15FN2O2/c14-10-2-1-9(12(17)18)11(15-10)16-7-5-13(3-4-13)6-8-16/h1-2H,3-8H2,(H,17,18). The van der Waals surface area contributed by atoms with Crippen LogP contribution >= 0.6 is 0 Å². The molecule has 0 unspecified atom stereocenters. The molecule has 2 fully saturated rings. The molecule has 1 spiro atoms. The number of anilines is 1. The van der Waals surface area contributed by atoms with Gasteiger partial charge in [0.05, 0.1) is 0 Å². The summed E-state index contributed by atoms with van der Waals surface area (Å²) < 4.78 is 13.2. The normalized spacial score (nSPS) is 21.1. The molecule has 2 aliphatic rings. The van der Waals surface area contributed by atoms with Crippen molar-refractivity contribution in [1.82, 2.24) is 4.98 Å². The Kier molecular flexibility index (Phi) is 2.50. The average molecular weight is 250 g/mol. The molecule has 0 atom stereocenters. The summed E-state index contributed by atoms with van der Waals surface area (Å²) >= 11 is 0. The van der Waals surface area contributed by atoms with Gasteiger partial charge in [0.1, 0.15) is 11.4 Å². The molecule has 3 rings (SSSR count). The van der Waals surface area contributed by atoms with Gasteiger partial charge in [-0.05, 0) is 43.2 Å². The summed E-state index contributed by atoms with van der Waals surface area (Å²) in [6.07, 6.45) is 4.68. The Morgan fingerprint density at radius 3 is 2.50 bits per heavy atom. The number of aromatic carboxylic acids is 1. The third-order valence-electron chi connectivity index (χ3n) is 4.15. The van der Waals surface area contributed by atoms with Crippen LogP contribution in [-0.2, 0) is 0 Å². The Bertz CT molecular complexity index is 490. The molecule has 4 nitrogen and oxygen atoms in total. The second kappa shape index (κ2) is 3.93. The van der Waals surface area contributed by atoms with Crippen molar-refractivity contribution in [2.24, 2.45) is 5.41 Å². The van der Waals surface area contributed by atoms with E-state index in [1.165, 1.54) is 18.9 Å². The number of rotatable bonds is 2. The minimum absolute atomic E-state index is 0.0862. The van der Waals surface area contributed by atoms with Gasteiger partial charge in [-0.15, -0.1) is 0 Å². The molecule has 96 valence electrons. The first-order valence-electron chi connectivity index (χ1n) is 6.24. The number of hydrogen-bond donors (Lipinski definition) is 1. The lowest BCUT2D eigenvalue weighted by Crippen LogP contribution is -2.36. The summed E-state index contributed by atoms with van der Waals surface area (Å²) in [5.74, 6) is -1.40. The molecule has 1 aromatic rings. The van der Waals surface area contributed by atoms with Gasteiger partial charge in [-0.2, -0.15) is 4.39 Å². The predicted octanol–water partition coefficient (Wildman–Crippen LogP) is 2.30. The Morgan fingerprint density at radius 1 is 1.28 bits per heavy atom. The van der Waals surface area contributed by atoms with Gasteiger partial charge in [-0.1, -0.05) is 0 Å². The van der Waals surface area contributed by atoms with Crippen molar-refractivity contribution in [3.05, 3.63) is 23.6 Å². The molecule has 18 heavy (non-hydrogen) atoms. The van der Waals surface area contributed by atoms with E-state index in [0.717, 1.165) is 32.0 Å². The zero-order valence-corrected chi connectivity index (χ0v) is 10.0. The first-order valence-corrected chi connectivity index (χ1v) is 6.24. The van der Waals surface area contributed by atoms with Crippen molar-refractivity contribution >= 4 is 11.8 Å². The van der Waals surface area contributed by atoms with Crippen LogP contribution in [0.2, 0.25) is 0 Å². The van der Waals surface area contributed by atoms with Gasteiger partial charge in [0.2, 0.25) is 5.95 Å². The van der Waals surface area contributed by atoms with E-state index in [4.69, 9.17) is 5.11 Å². The van der Waals surface area contributed by atoms with Gasteiger partial charge in [-0.3, -0.25) is 0 Å². The monoisotopic (exact) mass is 250 g/mol. The number of aromatic nitrogens is 1. The quantitative estimate of drug-likeness (QED) is 0.818. The molecule has 1 aliphatic heterocycles. The largest absolute Gasteiger partial charge is 0.478 e. The number of carboxylic acids is 1. The molecule has 1 aliphatic carbocycles. The van der Waals surface area contributed by atoms with Gasteiger partial charge in [0.15, 0.2) is 0 Å². The fraction of sp³-hybridized carbons (Fsp3) is 0.538. The van der Waals surface area contributed by atoms with Crippen LogP contribution in [0, 0.1) is 11.4 Å². The molecule has 0 amide bonds. The highest BCUT2D eigenvalue weighted by atomic mass is 19.1. The average Bonchev–Trinajstić information content (AvgIpc) is 3.09. The zero-order chi connectivity index (χ0) is 12.8. The van der Waals surface area contributed by atoms with E-state index in [-0.39, 0.29) is 11.4 Å². The molecule has 1 aromatic heterocycles. The first-order chi connectivity index (χ1) is 8.60. The maximum atomic E-state index is 13.2. The first kappa shape index (κ1) is 11.4. The lowest BCUT2D eigenvalue weighted by molar-refractivity contribution is 0.0697. The Labute approximate surface area is 104 Å². The van der Waals surface area contributed by atoms with E-state index in [9.17, 15) is 9.18 Å². The Balaban J connectivity index is 1.86. The van der Waals surface area contributed by atoms with E-state index in [1.54, 1.807) is 0 Å². The van der Waals surface area contributed by atoms with Crippen LogP contribution in [0.15, 0.2) is 12.1 Å². The Hall–Kier alpha value is -1.65. The van der Waals surface area contributed by atoms with Gasteiger partial charge >= 0.3 is 5.97 Å². The summed E-state index contributed by atoms with van der Waals surface area (Å²) in [6.45, 7) is 1.55. The van der Waals surface area contributed by atoms with Gasteiger partial charge in [0.25, 0.3) is 0 Å². The highest BCUT2D eigenvalue weighted by molar-refractivity contribution is 5.93. The smallest absolute Gasteiger partial charge is 0.339 e. The molecule has 0 radical (unpaired) electrons. The third kappa shape index (κ3) is 1.94. The molecule has 1 saturated carbocycles. The van der Waals surface area contributed by atoms with Crippen molar-refractivity contribution in [1.29, 1.82) is 0 Å². The number of carboxylic acid groups (broad SMARTS) is 1. The lowest BCUT2D eigenvalue weighted by Gasteiger charge is -2.33. The van der Waals surface area contributed by atoms with E-state index in [0.29, 0.717) is 5.41 Å². The van der Waals surface area contributed by atoms with Crippen molar-refractivity contribution in [2.45, 2.75) is 25.7 Å². The van der Waals surface area contributed by atoms with Crippen molar-refractivity contribution in [3.63, 3.8) is 0 Å². The topological polar surface area (TPSA) is 53.4 Å². The summed E-state index contributed by atoms with van der Waals surface area (Å²) in [7, 11) is 0. The van der Waals surface area contributed by atoms with Crippen LogP contribution in [0.1, 0.15) is 36.0 Å². The van der Waals surface area contributed by atoms with Crippen LogP contribution in [-0.4, -0.2) is 29.1 Å². The maximum Gasteiger partial charge on any atom is 0.339 e. The van der Waals surface area contributed by atoms with Crippen molar-refractivity contribution in [3.8, 4) is 0 Å². The molecule has 2 heterocycles. The number of carbonyl (C=O) groups is 1. The van der Waals surface area contributed by atoms with Crippen molar-refractivity contribution < 1.29 is 14.3 Å². The predicted molar refractivity (Wildman–Crippen MR) is 64.3 cm³/mol. The summed E-state index contributed by atoms with van der Waals surface area (Å²) in [6, 6.07) is 2.39.